The van der Waals surface area contributed by atoms with Crippen molar-refractivity contribution in [3.8, 4) is 5.75 Å². The van der Waals surface area contributed by atoms with Crippen molar-refractivity contribution in [2.24, 2.45) is 0 Å². The molecule has 0 radical (unpaired) electrons. The van der Waals surface area contributed by atoms with Crippen molar-refractivity contribution in [2.45, 2.75) is 19.4 Å². The van der Waals surface area contributed by atoms with E-state index in [1.807, 2.05) is 42.7 Å². The molecule has 0 aliphatic rings. The minimum absolute atomic E-state index is 0.218. The van der Waals surface area contributed by atoms with Gasteiger partial charge in [-0.1, -0.05) is 18.5 Å². The van der Waals surface area contributed by atoms with E-state index in [4.69, 9.17) is 16.3 Å². The number of nitrogens with one attached hydrogen (secondary N) is 1. The zero-order valence-electron chi connectivity index (χ0n) is 11.8. The number of halogens is 1. The van der Waals surface area contributed by atoms with Crippen LogP contribution in [-0.2, 0) is 6.42 Å². The summed E-state index contributed by atoms with van der Waals surface area (Å²) in [6.07, 6.45) is 4.45. The Morgan fingerprint density at radius 1 is 1.25 bits per heavy atom. The summed E-state index contributed by atoms with van der Waals surface area (Å²) in [6, 6.07) is 10.0. The lowest BCUT2D eigenvalue weighted by molar-refractivity contribution is 0.405. The predicted molar refractivity (Wildman–Crippen MR) is 82.4 cm³/mol. The normalized spacial score (nSPS) is 12.2. The van der Waals surface area contributed by atoms with Crippen molar-refractivity contribution in [1.82, 2.24) is 10.3 Å². The number of rotatable bonds is 6. The molecule has 20 heavy (non-hydrogen) atoms. The first-order valence-electron chi connectivity index (χ1n) is 6.70. The Labute approximate surface area is 124 Å². The third-order valence-electron chi connectivity index (χ3n) is 3.23. The lowest BCUT2D eigenvalue weighted by Crippen LogP contribution is -2.23. The number of ether oxygens (including phenoxy) is 1. The minimum atomic E-state index is 0.218. The van der Waals surface area contributed by atoms with E-state index in [-0.39, 0.29) is 6.04 Å². The maximum absolute atomic E-state index is 6.09. The highest BCUT2D eigenvalue weighted by molar-refractivity contribution is 6.30. The maximum atomic E-state index is 6.09. The summed E-state index contributed by atoms with van der Waals surface area (Å²) in [5, 5.41) is 4.22. The van der Waals surface area contributed by atoms with Crippen molar-refractivity contribution in [1.29, 1.82) is 0 Å². The van der Waals surface area contributed by atoms with Gasteiger partial charge in [-0.25, -0.2) is 0 Å². The summed E-state index contributed by atoms with van der Waals surface area (Å²) >= 11 is 6.09. The van der Waals surface area contributed by atoms with Crippen LogP contribution in [-0.4, -0.2) is 18.6 Å². The van der Waals surface area contributed by atoms with Gasteiger partial charge >= 0.3 is 0 Å². The molecule has 2 aromatic rings. The summed E-state index contributed by atoms with van der Waals surface area (Å²) in [5.41, 5.74) is 2.31. The van der Waals surface area contributed by atoms with E-state index in [1.54, 1.807) is 7.11 Å². The first-order valence-corrected chi connectivity index (χ1v) is 7.08. The van der Waals surface area contributed by atoms with Crippen LogP contribution >= 0.6 is 11.6 Å². The minimum Gasteiger partial charge on any atom is -0.496 e. The molecule has 1 aromatic heterocycles. The molecule has 1 aromatic carbocycles. The monoisotopic (exact) mass is 290 g/mol. The molecule has 0 saturated carbocycles. The molecule has 0 bridgehead atoms. The molecule has 1 atom stereocenters. The third kappa shape index (κ3) is 3.71. The average molecular weight is 291 g/mol. The van der Waals surface area contributed by atoms with E-state index in [1.165, 1.54) is 5.56 Å². The molecule has 0 aliphatic heterocycles. The van der Waals surface area contributed by atoms with E-state index in [2.05, 4.69) is 17.2 Å². The highest BCUT2D eigenvalue weighted by Gasteiger charge is 2.14. The summed E-state index contributed by atoms with van der Waals surface area (Å²) in [4.78, 5) is 4.07. The molecule has 3 nitrogen and oxygen atoms in total. The standard InChI is InChI=1S/C16H19ClN2O/c1-3-19-15(12-6-8-18-9-7-12)11-13-10-14(17)4-5-16(13)20-2/h4-10,15,19H,3,11H2,1-2H3. The van der Waals surface area contributed by atoms with E-state index >= 15 is 0 Å². The molecule has 1 heterocycles. The van der Waals surface area contributed by atoms with Gasteiger partial charge in [0.2, 0.25) is 0 Å². The Kier molecular flexibility index (Phi) is 5.39. The number of hydrogen-bond donors (Lipinski definition) is 1. The number of likely N-dealkylation sites (N-methyl/N-ethyl adjacent to an activating group) is 1. The number of hydrogen-bond acceptors (Lipinski definition) is 3. The Morgan fingerprint density at radius 3 is 2.65 bits per heavy atom. The van der Waals surface area contributed by atoms with Crippen LogP contribution in [0.3, 0.4) is 0 Å². The molecule has 1 N–H and O–H groups in total. The zero-order chi connectivity index (χ0) is 14.4. The molecule has 106 valence electrons. The lowest BCUT2D eigenvalue weighted by Gasteiger charge is -2.20. The number of aromatic nitrogens is 1. The van der Waals surface area contributed by atoms with Gasteiger partial charge in [-0.2, -0.15) is 0 Å². The van der Waals surface area contributed by atoms with Crippen LogP contribution in [0, 0.1) is 0 Å². The first-order chi connectivity index (χ1) is 9.74. The molecule has 4 heteroatoms. The van der Waals surface area contributed by atoms with Crippen LogP contribution in [0.4, 0.5) is 0 Å². The van der Waals surface area contributed by atoms with E-state index in [9.17, 15) is 0 Å². The summed E-state index contributed by atoms with van der Waals surface area (Å²) < 4.78 is 5.42. The van der Waals surface area contributed by atoms with E-state index in [0.29, 0.717) is 0 Å². The van der Waals surface area contributed by atoms with Gasteiger partial charge in [0.05, 0.1) is 7.11 Å². The molecule has 0 amide bonds. The Morgan fingerprint density at radius 2 is 2.00 bits per heavy atom. The quantitative estimate of drug-likeness (QED) is 0.882. The topological polar surface area (TPSA) is 34.1 Å². The van der Waals surface area contributed by atoms with E-state index < -0.39 is 0 Å². The molecule has 0 aliphatic carbocycles. The van der Waals surface area contributed by atoms with Crippen LogP contribution < -0.4 is 10.1 Å². The summed E-state index contributed by atoms with van der Waals surface area (Å²) in [5.74, 6) is 0.867. The lowest BCUT2D eigenvalue weighted by atomic mass is 9.99. The summed E-state index contributed by atoms with van der Waals surface area (Å²) in [7, 11) is 1.68. The molecular formula is C16H19ClN2O. The fraction of sp³-hybridized carbons (Fsp3) is 0.312. The maximum Gasteiger partial charge on any atom is 0.122 e. The highest BCUT2D eigenvalue weighted by Crippen LogP contribution is 2.27. The molecule has 0 spiro atoms. The second-order valence-corrected chi connectivity index (χ2v) is 4.99. The molecule has 0 fully saturated rings. The van der Waals surface area contributed by atoms with Gasteiger partial charge in [0.25, 0.3) is 0 Å². The average Bonchev–Trinajstić information content (AvgIpc) is 2.48. The van der Waals surface area contributed by atoms with Crippen LogP contribution in [0.1, 0.15) is 24.1 Å². The number of pyridine rings is 1. The highest BCUT2D eigenvalue weighted by atomic mass is 35.5. The van der Waals surface area contributed by atoms with Gasteiger partial charge in [0, 0.05) is 23.5 Å². The smallest absolute Gasteiger partial charge is 0.122 e. The van der Waals surface area contributed by atoms with Gasteiger partial charge in [-0.05, 0) is 54.4 Å². The van der Waals surface area contributed by atoms with Gasteiger partial charge in [0.15, 0.2) is 0 Å². The predicted octanol–water partition coefficient (Wildman–Crippen LogP) is 3.64. The molecule has 2 rings (SSSR count). The van der Waals surface area contributed by atoms with E-state index in [0.717, 1.165) is 29.3 Å². The molecule has 0 saturated heterocycles. The Hall–Kier alpha value is -1.58. The van der Waals surface area contributed by atoms with Gasteiger partial charge in [-0.15, -0.1) is 0 Å². The second kappa shape index (κ2) is 7.27. The van der Waals surface area contributed by atoms with Gasteiger partial charge < -0.3 is 10.1 Å². The first kappa shape index (κ1) is 14.8. The third-order valence-corrected chi connectivity index (χ3v) is 3.46. The molecular weight excluding hydrogens is 272 g/mol. The fourth-order valence-electron chi connectivity index (χ4n) is 2.28. The Balaban J connectivity index is 2.26. The zero-order valence-corrected chi connectivity index (χ0v) is 12.5. The van der Waals surface area contributed by atoms with Gasteiger partial charge in [-0.3, -0.25) is 4.98 Å². The van der Waals surface area contributed by atoms with Crippen molar-refractivity contribution >= 4 is 11.6 Å². The van der Waals surface area contributed by atoms with Crippen LogP contribution in [0.5, 0.6) is 5.75 Å². The Bertz CT molecular complexity index is 545. The van der Waals surface area contributed by atoms with Crippen molar-refractivity contribution in [3.63, 3.8) is 0 Å². The van der Waals surface area contributed by atoms with Crippen molar-refractivity contribution in [2.75, 3.05) is 13.7 Å². The second-order valence-electron chi connectivity index (χ2n) is 4.55. The number of methoxy groups -OCH3 is 1. The van der Waals surface area contributed by atoms with Crippen LogP contribution in [0.15, 0.2) is 42.7 Å². The fourth-order valence-corrected chi connectivity index (χ4v) is 2.47. The summed E-state index contributed by atoms with van der Waals surface area (Å²) in [6.45, 7) is 3.00. The van der Waals surface area contributed by atoms with Crippen LogP contribution in [0.2, 0.25) is 5.02 Å². The largest absolute Gasteiger partial charge is 0.496 e. The van der Waals surface area contributed by atoms with Crippen molar-refractivity contribution < 1.29 is 4.74 Å². The van der Waals surface area contributed by atoms with Crippen molar-refractivity contribution in [3.05, 3.63) is 58.9 Å². The number of nitrogens with zero attached hydrogens (tertiary/aromatic N) is 1. The molecule has 1 unspecified atom stereocenters. The number of benzene rings is 1. The SMILES string of the molecule is CCNC(Cc1cc(Cl)ccc1OC)c1ccncc1. The van der Waals surface area contributed by atoms with Gasteiger partial charge in [0.1, 0.15) is 5.75 Å². The van der Waals surface area contributed by atoms with Crippen LogP contribution in [0.25, 0.3) is 0 Å².